The van der Waals surface area contributed by atoms with Gasteiger partial charge in [-0.1, -0.05) is 15.9 Å². The average Bonchev–Trinajstić information content (AvgIpc) is 2.40. The van der Waals surface area contributed by atoms with Crippen LogP contribution in [0.1, 0.15) is 16.1 Å². The molecule has 3 nitrogen and oxygen atoms in total. The van der Waals surface area contributed by atoms with Gasteiger partial charge in [-0.15, -0.1) is 0 Å². The molecule has 1 aromatic carbocycles. The van der Waals surface area contributed by atoms with Crippen LogP contribution in [0.15, 0.2) is 45.5 Å². The SMILES string of the molecule is O=C(NCc1cc(F)ccc1Br)c1ncccc1Br. The molecule has 2 rings (SSSR count). The number of hydrogen-bond donors (Lipinski definition) is 1. The predicted molar refractivity (Wildman–Crippen MR) is 77.2 cm³/mol. The Morgan fingerprint density at radius 2 is 2.05 bits per heavy atom. The molecule has 0 aliphatic heterocycles. The number of nitrogens with zero attached hydrogens (tertiary/aromatic N) is 1. The molecular formula is C13H9Br2FN2O. The summed E-state index contributed by atoms with van der Waals surface area (Å²) in [5, 5.41) is 2.70. The predicted octanol–water partition coefficient (Wildman–Crippen LogP) is 3.68. The Morgan fingerprint density at radius 3 is 2.79 bits per heavy atom. The summed E-state index contributed by atoms with van der Waals surface area (Å²) in [5.74, 6) is -0.657. The molecule has 0 atom stereocenters. The highest BCUT2D eigenvalue weighted by molar-refractivity contribution is 9.10. The third-order valence-electron chi connectivity index (χ3n) is 2.42. The second-order valence-corrected chi connectivity index (χ2v) is 5.46. The number of aromatic nitrogens is 1. The van der Waals surface area contributed by atoms with E-state index in [1.54, 1.807) is 18.2 Å². The van der Waals surface area contributed by atoms with E-state index in [2.05, 4.69) is 42.2 Å². The fourth-order valence-electron chi connectivity index (χ4n) is 1.49. The molecule has 1 aromatic heterocycles. The topological polar surface area (TPSA) is 42.0 Å². The van der Waals surface area contributed by atoms with Gasteiger partial charge in [-0.25, -0.2) is 9.37 Å². The number of amides is 1. The van der Waals surface area contributed by atoms with Gasteiger partial charge in [-0.2, -0.15) is 0 Å². The van der Waals surface area contributed by atoms with Crippen molar-refractivity contribution in [2.75, 3.05) is 0 Å². The van der Waals surface area contributed by atoms with E-state index < -0.39 is 0 Å². The number of carbonyl (C=O) groups is 1. The maximum atomic E-state index is 13.1. The molecular weight excluding hydrogens is 379 g/mol. The number of carbonyl (C=O) groups excluding carboxylic acids is 1. The van der Waals surface area contributed by atoms with Gasteiger partial charge in [0.25, 0.3) is 5.91 Å². The second kappa shape index (κ2) is 6.25. The highest BCUT2D eigenvalue weighted by atomic mass is 79.9. The third-order valence-corrected chi connectivity index (χ3v) is 3.83. The van der Waals surface area contributed by atoms with Gasteiger partial charge in [0.1, 0.15) is 11.5 Å². The molecule has 0 aliphatic rings. The second-order valence-electron chi connectivity index (χ2n) is 3.75. The van der Waals surface area contributed by atoms with Crippen molar-refractivity contribution in [2.45, 2.75) is 6.54 Å². The van der Waals surface area contributed by atoms with Crippen LogP contribution in [0.5, 0.6) is 0 Å². The van der Waals surface area contributed by atoms with Gasteiger partial charge in [0, 0.05) is 21.7 Å². The largest absolute Gasteiger partial charge is 0.347 e. The van der Waals surface area contributed by atoms with E-state index in [-0.39, 0.29) is 18.3 Å². The number of hydrogen-bond acceptors (Lipinski definition) is 2. The summed E-state index contributed by atoms with van der Waals surface area (Å²) in [6.45, 7) is 0.222. The van der Waals surface area contributed by atoms with E-state index >= 15 is 0 Å². The maximum Gasteiger partial charge on any atom is 0.271 e. The van der Waals surface area contributed by atoms with Crippen LogP contribution in [-0.4, -0.2) is 10.9 Å². The van der Waals surface area contributed by atoms with E-state index in [1.807, 2.05) is 0 Å². The molecule has 0 spiro atoms. The van der Waals surface area contributed by atoms with Gasteiger partial charge in [0.05, 0.1) is 0 Å². The number of halogens is 3. The van der Waals surface area contributed by atoms with E-state index in [0.29, 0.717) is 15.7 Å². The molecule has 0 saturated carbocycles. The van der Waals surface area contributed by atoms with E-state index in [1.165, 1.54) is 18.3 Å². The molecule has 1 N–H and O–H groups in total. The van der Waals surface area contributed by atoms with Crippen LogP contribution in [0.25, 0.3) is 0 Å². The van der Waals surface area contributed by atoms with Gasteiger partial charge in [0.15, 0.2) is 0 Å². The Hall–Kier alpha value is -1.27. The lowest BCUT2D eigenvalue weighted by Gasteiger charge is -2.07. The Kier molecular flexibility index (Phi) is 4.66. The number of benzene rings is 1. The normalized spacial score (nSPS) is 10.3. The Morgan fingerprint density at radius 1 is 1.26 bits per heavy atom. The summed E-state index contributed by atoms with van der Waals surface area (Å²) >= 11 is 6.57. The zero-order valence-electron chi connectivity index (χ0n) is 9.66. The summed E-state index contributed by atoms with van der Waals surface area (Å²) in [6.07, 6.45) is 1.54. The lowest BCUT2D eigenvalue weighted by molar-refractivity contribution is 0.0945. The van der Waals surface area contributed by atoms with Crippen molar-refractivity contribution in [1.82, 2.24) is 10.3 Å². The molecule has 1 heterocycles. The molecule has 0 unspecified atom stereocenters. The van der Waals surface area contributed by atoms with Gasteiger partial charge in [-0.05, 0) is 51.8 Å². The third kappa shape index (κ3) is 3.61. The van der Waals surface area contributed by atoms with Crippen molar-refractivity contribution in [3.63, 3.8) is 0 Å². The number of pyridine rings is 1. The van der Waals surface area contributed by atoms with E-state index in [0.717, 1.165) is 4.47 Å². The number of rotatable bonds is 3. The standard InChI is InChI=1S/C13H9Br2FN2O/c14-10-4-3-9(16)6-8(10)7-18-13(19)12-11(15)2-1-5-17-12/h1-6H,7H2,(H,18,19). The minimum atomic E-state index is -0.341. The molecule has 0 bridgehead atoms. The molecule has 0 fully saturated rings. The fourth-order valence-corrected chi connectivity index (χ4v) is 2.31. The van der Waals surface area contributed by atoms with Gasteiger partial charge < -0.3 is 5.32 Å². The summed E-state index contributed by atoms with van der Waals surface area (Å²) in [5.41, 5.74) is 0.968. The van der Waals surface area contributed by atoms with Crippen molar-refractivity contribution in [3.8, 4) is 0 Å². The first-order valence-corrected chi connectivity index (χ1v) is 6.99. The van der Waals surface area contributed by atoms with Crippen molar-refractivity contribution in [2.24, 2.45) is 0 Å². The van der Waals surface area contributed by atoms with Gasteiger partial charge in [-0.3, -0.25) is 4.79 Å². The van der Waals surface area contributed by atoms with Crippen LogP contribution < -0.4 is 5.32 Å². The van der Waals surface area contributed by atoms with E-state index in [4.69, 9.17) is 0 Å². The van der Waals surface area contributed by atoms with E-state index in [9.17, 15) is 9.18 Å². The Bertz CT molecular complexity index is 619. The fraction of sp³-hybridized carbons (Fsp3) is 0.0769. The van der Waals surface area contributed by atoms with Crippen molar-refractivity contribution in [3.05, 3.63) is 62.5 Å². The van der Waals surface area contributed by atoms with Crippen LogP contribution in [-0.2, 0) is 6.54 Å². The first kappa shape index (κ1) is 14.1. The maximum absolute atomic E-state index is 13.1. The highest BCUT2D eigenvalue weighted by Gasteiger charge is 2.11. The van der Waals surface area contributed by atoms with Crippen LogP contribution in [0.2, 0.25) is 0 Å². The Balaban J connectivity index is 2.09. The molecule has 0 aliphatic carbocycles. The lowest BCUT2D eigenvalue weighted by Crippen LogP contribution is -2.24. The van der Waals surface area contributed by atoms with Crippen LogP contribution >= 0.6 is 31.9 Å². The summed E-state index contributed by atoms with van der Waals surface area (Å²) in [4.78, 5) is 15.9. The Labute approximate surface area is 126 Å². The smallest absolute Gasteiger partial charge is 0.271 e. The number of nitrogens with one attached hydrogen (secondary N) is 1. The molecule has 1 amide bonds. The minimum Gasteiger partial charge on any atom is -0.347 e. The summed E-state index contributed by atoms with van der Waals surface area (Å²) in [7, 11) is 0. The molecule has 19 heavy (non-hydrogen) atoms. The highest BCUT2D eigenvalue weighted by Crippen LogP contribution is 2.18. The van der Waals surface area contributed by atoms with Crippen molar-refractivity contribution >= 4 is 37.8 Å². The molecule has 98 valence electrons. The zero-order chi connectivity index (χ0) is 13.8. The molecule has 0 saturated heterocycles. The van der Waals surface area contributed by atoms with Gasteiger partial charge >= 0.3 is 0 Å². The first-order chi connectivity index (χ1) is 9.08. The molecule has 0 radical (unpaired) electrons. The van der Waals surface area contributed by atoms with Crippen LogP contribution in [0, 0.1) is 5.82 Å². The van der Waals surface area contributed by atoms with Crippen molar-refractivity contribution < 1.29 is 9.18 Å². The van der Waals surface area contributed by atoms with Gasteiger partial charge in [0.2, 0.25) is 0 Å². The molecule has 2 aromatic rings. The average molecular weight is 388 g/mol. The lowest BCUT2D eigenvalue weighted by atomic mass is 10.2. The monoisotopic (exact) mass is 386 g/mol. The molecule has 6 heteroatoms. The van der Waals surface area contributed by atoms with Crippen molar-refractivity contribution in [1.29, 1.82) is 0 Å². The zero-order valence-corrected chi connectivity index (χ0v) is 12.8. The summed E-state index contributed by atoms with van der Waals surface area (Å²) < 4.78 is 14.5. The minimum absolute atomic E-state index is 0.222. The quantitative estimate of drug-likeness (QED) is 0.872. The van der Waals surface area contributed by atoms with Crippen LogP contribution in [0.4, 0.5) is 4.39 Å². The summed E-state index contributed by atoms with van der Waals surface area (Å²) in [6, 6.07) is 7.79. The van der Waals surface area contributed by atoms with Crippen LogP contribution in [0.3, 0.4) is 0 Å². The first-order valence-electron chi connectivity index (χ1n) is 5.40.